The van der Waals surface area contributed by atoms with Crippen LogP contribution in [-0.2, 0) is 14.3 Å². The lowest BCUT2D eigenvalue weighted by Crippen LogP contribution is -2.49. The van der Waals surface area contributed by atoms with Gasteiger partial charge >= 0.3 is 0 Å². The third kappa shape index (κ3) is 4.13. The highest BCUT2D eigenvalue weighted by Gasteiger charge is 2.22. The third-order valence-corrected chi connectivity index (χ3v) is 2.24. The molecule has 1 aliphatic rings. The van der Waals surface area contributed by atoms with Crippen molar-refractivity contribution in [2.24, 2.45) is 11.5 Å². The Morgan fingerprint density at radius 1 is 1.53 bits per heavy atom. The minimum atomic E-state index is -0.0443. The van der Waals surface area contributed by atoms with Crippen molar-refractivity contribution in [3.05, 3.63) is 0 Å². The molecule has 88 valence electrons. The van der Waals surface area contributed by atoms with Crippen molar-refractivity contribution in [2.45, 2.75) is 6.10 Å². The fourth-order valence-electron chi connectivity index (χ4n) is 1.42. The normalized spacial score (nSPS) is 21.7. The zero-order valence-corrected chi connectivity index (χ0v) is 8.85. The van der Waals surface area contributed by atoms with Crippen molar-refractivity contribution in [3.8, 4) is 0 Å². The zero-order chi connectivity index (χ0) is 11.1. The average molecular weight is 217 g/mol. The van der Waals surface area contributed by atoms with Crippen LogP contribution in [0.2, 0.25) is 0 Å². The van der Waals surface area contributed by atoms with Gasteiger partial charge in [-0.05, 0) is 0 Å². The molecule has 0 spiro atoms. The molecule has 1 fully saturated rings. The maximum atomic E-state index is 11.6. The summed E-state index contributed by atoms with van der Waals surface area (Å²) in [6, 6.07) is 0. The quantitative estimate of drug-likeness (QED) is 0.527. The van der Waals surface area contributed by atoms with E-state index in [1.165, 1.54) is 0 Å². The Morgan fingerprint density at radius 2 is 2.33 bits per heavy atom. The first-order chi connectivity index (χ1) is 7.27. The van der Waals surface area contributed by atoms with E-state index in [1.807, 2.05) is 0 Å². The minimum Gasteiger partial charge on any atom is -0.373 e. The van der Waals surface area contributed by atoms with Gasteiger partial charge in [0.05, 0.1) is 19.3 Å². The summed E-state index contributed by atoms with van der Waals surface area (Å²) < 4.78 is 10.4. The van der Waals surface area contributed by atoms with Crippen LogP contribution in [-0.4, -0.2) is 62.9 Å². The second kappa shape index (κ2) is 6.73. The maximum absolute atomic E-state index is 11.6. The van der Waals surface area contributed by atoms with Crippen LogP contribution in [0, 0.1) is 0 Å². The number of nitrogens with two attached hydrogens (primary N) is 2. The van der Waals surface area contributed by atoms with Gasteiger partial charge < -0.3 is 25.8 Å². The van der Waals surface area contributed by atoms with Crippen LogP contribution >= 0.6 is 0 Å². The Balaban J connectivity index is 2.25. The SMILES string of the molecule is NCCOCC(=O)N1CCOC(CN)C1. The zero-order valence-electron chi connectivity index (χ0n) is 8.85. The molecule has 0 saturated carbocycles. The van der Waals surface area contributed by atoms with Crippen LogP contribution in [0.5, 0.6) is 0 Å². The van der Waals surface area contributed by atoms with Crippen LogP contribution in [0.4, 0.5) is 0 Å². The second-order valence-corrected chi connectivity index (χ2v) is 3.41. The fraction of sp³-hybridized carbons (Fsp3) is 0.889. The molecule has 1 unspecified atom stereocenters. The molecule has 1 amide bonds. The van der Waals surface area contributed by atoms with Crippen molar-refractivity contribution >= 4 is 5.91 Å². The van der Waals surface area contributed by atoms with Gasteiger partial charge in [0.1, 0.15) is 6.61 Å². The van der Waals surface area contributed by atoms with E-state index in [4.69, 9.17) is 20.9 Å². The molecule has 1 aliphatic heterocycles. The number of carbonyl (C=O) groups is 1. The van der Waals surface area contributed by atoms with E-state index in [0.717, 1.165) is 0 Å². The summed E-state index contributed by atoms with van der Waals surface area (Å²) in [4.78, 5) is 13.3. The van der Waals surface area contributed by atoms with Crippen molar-refractivity contribution in [1.29, 1.82) is 0 Å². The molecule has 0 aromatic heterocycles. The largest absolute Gasteiger partial charge is 0.373 e. The Morgan fingerprint density at radius 3 is 3.00 bits per heavy atom. The summed E-state index contributed by atoms with van der Waals surface area (Å²) in [6.45, 7) is 3.09. The topological polar surface area (TPSA) is 90.8 Å². The number of hydrogen-bond donors (Lipinski definition) is 2. The highest BCUT2D eigenvalue weighted by molar-refractivity contribution is 5.77. The van der Waals surface area contributed by atoms with Crippen LogP contribution in [0.3, 0.4) is 0 Å². The number of ether oxygens (including phenoxy) is 2. The highest BCUT2D eigenvalue weighted by atomic mass is 16.5. The third-order valence-electron chi connectivity index (χ3n) is 2.24. The number of morpholine rings is 1. The Labute approximate surface area is 89.5 Å². The van der Waals surface area contributed by atoms with E-state index in [-0.39, 0.29) is 18.6 Å². The number of amides is 1. The van der Waals surface area contributed by atoms with E-state index in [9.17, 15) is 4.79 Å². The molecule has 6 heteroatoms. The van der Waals surface area contributed by atoms with Gasteiger partial charge in [0, 0.05) is 26.2 Å². The van der Waals surface area contributed by atoms with E-state index in [1.54, 1.807) is 4.90 Å². The molecule has 1 saturated heterocycles. The van der Waals surface area contributed by atoms with Crippen molar-refractivity contribution in [3.63, 3.8) is 0 Å². The molecule has 1 atom stereocenters. The molecule has 1 heterocycles. The van der Waals surface area contributed by atoms with Crippen LogP contribution < -0.4 is 11.5 Å². The van der Waals surface area contributed by atoms with Gasteiger partial charge in [0.15, 0.2) is 0 Å². The Bertz CT molecular complexity index is 201. The lowest BCUT2D eigenvalue weighted by atomic mass is 10.2. The predicted molar refractivity (Wildman–Crippen MR) is 55.2 cm³/mol. The maximum Gasteiger partial charge on any atom is 0.248 e. The number of hydrogen-bond acceptors (Lipinski definition) is 5. The number of carbonyl (C=O) groups excluding carboxylic acids is 1. The summed E-state index contributed by atoms with van der Waals surface area (Å²) in [5.74, 6) is -0.0230. The standard InChI is InChI=1S/C9H19N3O3/c10-1-3-14-7-9(13)12-2-4-15-8(5-11)6-12/h8H,1-7,10-11H2. The number of rotatable bonds is 5. The molecule has 0 radical (unpaired) electrons. The molecular weight excluding hydrogens is 198 g/mol. The Hall–Kier alpha value is -0.690. The van der Waals surface area contributed by atoms with Gasteiger partial charge in [0.2, 0.25) is 5.91 Å². The average Bonchev–Trinajstić information content (AvgIpc) is 2.29. The molecule has 0 aliphatic carbocycles. The molecule has 0 bridgehead atoms. The van der Waals surface area contributed by atoms with Gasteiger partial charge in [-0.25, -0.2) is 0 Å². The van der Waals surface area contributed by atoms with Gasteiger partial charge in [-0.2, -0.15) is 0 Å². The summed E-state index contributed by atoms with van der Waals surface area (Å²) in [7, 11) is 0. The van der Waals surface area contributed by atoms with Gasteiger partial charge in [-0.1, -0.05) is 0 Å². The highest BCUT2D eigenvalue weighted by Crippen LogP contribution is 2.04. The molecular formula is C9H19N3O3. The predicted octanol–water partition coefficient (Wildman–Crippen LogP) is -1.85. The van der Waals surface area contributed by atoms with E-state index >= 15 is 0 Å². The smallest absolute Gasteiger partial charge is 0.248 e. The van der Waals surface area contributed by atoms with Crippen molar-refractivity contribution in [1.82, 2.24) is 4.90 Å². The van der Waals surface area contributed by atoms with Gasteiger partial charge in [-0.3, -0.25) is 4.79 Å². The summed E-state index contributed by atoms with van der Waals surface area (Å²) in [6.07, 6.45) is -0.0443. The molecule has 1 rings (SSSR count). The lowest BCUT2D eigenvalue weighted by molar-refractivity contribution is -0.143. The van der Waals surface area contributed by atoms with Crippen LogP contribution in [0.15, 0.2) is 0 Å². The molecule has 0 aromatic carbocycles. The van der Waals surface area contributed by atoms with Crippen LogP contribution in [0.25, 0.3) is 0 Å². The molecule has 0 aromatic rings. The first-order valence-electron chi connectivity index (χ1n) is 5.15. The lowest BCUT2D eigenvalue weighted by Gasteiger charge is -2.32. The van der Waals surface area contributed by atoms with E-state index in [2.05, 4.69) is 0 Å². The summed E-state index contributed by atoms with van der Waals surface area (Å²) in [5.41, 5.74) is 10.7. The summed E-state index contributed by atoms with van der Waals surface area (Å²) >= 11 is 0. The van der Waals surface area contributed by atoms with Crippen LogP contribution in [0.1, 0.15) is 0 Å². The van der Waals surface area contributed by atoms with Crippen molar-refractivity contribution in [2.75, 3.05) is 46.0 Å². The molecule has 4 N–H and O–H groups in total. The Kier molecular flexibility index (Phi) is 5.56. The first kappa shape index (κ1) is 12.4. The van der Waals surface area contributed by atoms with Gasteiger partial charge in [0.25, 0.3) is 0 Å². The number of nitrogens with zero attached hydrogens (tertiary/aromatic N) is 1. The second-order valence-electron chi connectivity index (χ2n) is 3.41. The first-order valence-corrected chi connectivity index (χ1v) is 5.15. The molecule has 6 nitrogen and oxygen atoms in total. The fourth-order valence-corrected chi connectivity index (χ4v) is 1.42. The molecule has 15 heavy (non-hydrogen) atoms. The monoisotopic (exact) mass is 217 g/mol. The van der Waals surface area contributed by atoms with E-state index < -0.39 is 0 Å². The van der Waals surface area contributed by atoms with E-state index in [0.29, 0.717) is 39.4 Å². The minimum absolute atomic E-state index is 0.0230. The van der Waals surface area contributed by atoms with Gasteiger partial charge in [-0.15, -0.1) is 0 Å². The summed E-state index contributed by atoms with van der Waals surface area (Å²) in [5, 5.41) is 0. The van der Waals surface area contributed by atoms with Crippen molar-refractivity contribution < 1.29 is 14.3 Å².